The highest BCUT2D eigenvalue weighted by molar-refractivity contribution is 6.02. The second kappa shape index (κ2) is 6.87. The third kappa shape index (κ3) is 5.50. The summed E-state index contributed by atoms with van der Waals surface area (Å²) in [6.45, 7) is 8.98. The molecule has 1 aromatic carbocycles. The van der Waals surface area contributed by atoms with Crippen molar-refractivity contribution in [1.82, 2.24) is 0 Å². The van der Waals surface area contributed by atoms with Crippen molar-refractivity contribution in [2.24, 2.45) is 0 Å². The van der Waals surface area contributed by atoms with Gasteiger partial charge in [-0.15, -0.1) is 0 Å². The molecule has 0 heterocycles. The van der Waals surface area contributed by atoms with Crippen LogP contribution in [0, 0.1) is 5.82 Å². The zero-order chi connectivity index (χ0) is 15.2. The zero-order valence-corrected chi connectivity index (χ0v) is 11.8. The van der Waals surface area contributed by atoms with Gasteiger partial charge in [-0.05, 0) is 39.0 Å². The monoisotopic (exact) mass is 270 g/mol. The quantitative estimate of drug-likeness (QED) is 0.835. The maximum Gasteiger partial charge on any atom is 0.339 e. The Kier molecular flexibility index (Phi) is 6.18. The van der Waals surface area contributed by atoms with Gasteiger partial charge in [0.2, 0.25) is 0 Å². The summed E-state index contributed by atoms with van der Waals surface area (Å²) in [4.78, 5) is 22.6. The second-order valence-electron chi connectivity index (χ2n) is 4.50. The highest BCUT2D eigenvalue weighted by Crippen LogP contribution is 2.17. The van der Waals surface area contributed by atoms with Crippen molar-refractivity contribution in [3.05, 3.63) is 35.1 Å². The Morgan fingerprint density at radius 3 is 2.11 bits per heavy atom. The molecule has 0 amide bonds. The standard InChI is InChI=1S/C12H13FO4.C2H6/c1-12(2,3)17-11(16)8-5-4-7(13)6-9(8)10(14)15;1-2/h4-6H,1-3H3,(H,14,15);1-2H3. The number of ether oxygens (including phenoxy) is 1. The van der Waals surface area contributed by atoms with E-state index in [0.717, 1.165) is 18.2 Å². The maximum atomic E-state index is 12.9. The molecule has 0 saturated carbocycles. The average Bonchev–Trinajstić information content (AvgIpc) is 2.29. The third-order valence-electron chi connectivity index (χ3n) is 1.83. The first-order valence-corrected chi connectivity index (χ1v) is 5.97. The fraction of sp³-hybridized carbons (Fsp3) is 0.429. The van der Waals surface area contributed by atoms with Crippen molar-refractivity contribution in [3.63, 3.8) is 0 Å². The van der Waals surface area contributed by atoms with Crippen molar-refractivity contribution in [1.29, 1.82) is 0 Å². The summed E-state index contributed by atoms with van der Waals surface area (Å²) in [7, 11) is 0. The second-order valence-corrected chi connectivity index (χ2v) is 4.50. The molecule has 19 heavy (non-hydrogen) atoms. The number of benzene rings is 1. The Morgan fingerprint density at radius 2 is 1.68 bits per heavy atom. The smallest absolute Gasteiger partial charge is 0.339 e. The van der Waals surface area contributed by atoms with Crippen LogP contribution in [-0.4, -0.2) is 22.6 Å². The van der Waals surface area contributed by atoms with Crippen LogP contribution in [0.3, 0.4) is 0 Å². The van der Waals surface area contributed by atoms with Crippen LogP contribution < -0.4 is 0 Å². The molecule has 0 radical (unpaired) electrons. The van der Waals surface area contributed by atoms with Gasteiger partial charge >= 0.3 is 11.9 Å². The van der Waals surface area contributed by atoms with Gasteiger partial charge < -0.3 is 9.84 Å². The molecule has 0 aliphatic heterocycles. The van der Waals surface area contributed by atoms with Crippen molar-refractivity contribution in [2.45, 2.75) is 40.2 Å². The van der Waals surface area contributed by atoms with Gasteiger partial charge in [0.05, 0.1) is 11.1 Å². The number of carbonyl (C=O) groups is 2. The fourth-order valence-electron chi connectivity index (χ4n) is 1.20. The molecule has 0 aliphatic carbocycles. The Balaban J connectivity index is 0.00000154. The lowest BCUT2D eigenvalue weighted by Gasteiger charge is -2.20. The molecule has 1 N–H and O–H groups in total. The lowest BCUT2D eigenvalue weighted by Crippen LogP contribution is -2.25. The molecule has 1 rings (SSSR count). The highest BCUT2D eigenvalue weighted by atomic mass is 19.1. The van der Waals surface area contributed by atoms with E-state index >= 15 is 0 Å². The summed E-state index contributed by atoms with van der Waals surface area (Å²) < 4.78 is 17.9. The van der Waals surface area contributed by atoms with Crippen LogP contribution in [-0.2, 0) is 4.74 Å². The van der Waals surface area contributed by atoms with Crippen LogP contribution in [0.1, 0.15) is 55.3 Å². The Hall–Kier alpha value is -1.91. The number of hydrogen-bond donors (Lipinski definition) is 1. The van der Waals surface area contributed by atoms with Gasteiger partial charge in [0, 0.05) is 0 Å². The number of aromatic carboxylic acids is 1. The van der Waals surface area contributed by atoms with E-state index in [4.69, 9.17) is 9.84 Å². The molecular formula is C14H19FO4. The zero-order valence-electron chi connectivity index (χ0n) is 11.8. The van der Waals surface area contributed by atoms with E-state index in [1.807, 2.05) is 13.8 Å². The molecule has 1 aromatic rings. The largest absolute Gasteiger partial charge is 0.478 e. The lowest BCUT2D eigenvalue weighted by molar-refractivity contribution is 0.00658. The van der Waals surface area contributed by atoms with Crippen molar-refractivity contribution in [2.75, 3.05) is 0 Å². The lowest BCUT2D eigenvalue weighted by atomic mass is 10.1. The predicted molar refractivity (Wildman–Crippen MR) is 69.9 cm³/mol. The van der Waals surface area contributed by atoms with Gasteiger partial charge in [0.25, 0.3) is 0 Å². The number of carbonyl (C=O) groups excluding carboxylic acids is 1. The number of carboxylic acids is 1. The van der Waals surface area contributed by atoms with E-state index in [-0.39, 0.29) is 5.56 Å². The van der Waals surface area contributed by atoms with Crippen LogP contribution >= 0.6 is 0 Å². The first-order chi connectivity index (χ1) is 8.70. The van der Waals surface area contributed by atoms with Gasteiger partial charge in [-0.25, -0.2) is 14.0 Å². The fourth-order valence-corrected chi connectivity index (χ4v) is 1.20. The van der Waals surface area contributed by atoms with Gasteiger partial charge in [-0.2, -0.15) is 0 Å². The van der Waals surface area contributed by atoms with Crippen molar-refractivity contribution < 1.29 is 23.8 Å². The predicted octanol–water partition coefficient (Wildman–Crippen LogP) is 3.51. The van der Waals surface area contributed by atoms with E-state index in [0.29, 0.717) is 0 Å². The molecule has 0 bridgehead atoms. The summed E-state index contributed by atoms with van der Waals surface area (Å²) in [6.07, 6.45) is 0. The van der Waals surface area contributed by atoms with Gasteiger partial charge in [-0.1, -0.05) is 13.8 Å². The van der Waals surface area contributed by atoms with E-state index in [2.05, 4.69) is 0 Å². The Bertz CT molecular complexity index is 461. The molecule has 4 nitrogen and oxygen atoms in total. The van der Waals surface area contributed by atoms with E-state index < -0.39 is 28.9 Å². The number of esters is 1. The van der Waals surface area contributed by atoms with Crippen molar-refractivity contribution >= 4 is 11.9 Å². The molecule has 5 heteroatoms. The van der Waals surface area contributed by atoms with Crippen LogP contribution in [0.2, 0.25) is 0 Å². The molecule has 106 valence electrons. The normalized spacial score (nSPS) is 10.2. The molecule has 0 fully saturated rings. The first-order valence-electron chi connectivity index (χ1n) is 5.97. The molecule has 0 saturated heterocycles. The summed E-state index contributed by atoms with van der Waals surface area (Å²) in [5.41, 5.74) is -1.30. The third-order valence-corrected chi connectivity index (χ3v) is 1.83. The summed E-state index contributed by atoms with van der Waals surface area (Å²) in [5, 5.41) is 8.86. The topological polar surface area (TPSA) is 63.6 Å². The molecule has 0 spiro atoms. The number of carboxylic acid groups (broad SMARTS) is 1. The Labute approximate surface area is 112 Å². The Morgan fingerprint density at radius 1 is 1.16 bits per heavy atom. The number of hydrogen-bond acceptors (Lipinski definition) is 3. The molecule has 0 aromatic heterocycles. The average molecular weight is 270 g/mol. The highest BCUT2D eigenvalue weighted by Gasteiger charge is 2.23. The van der Waals surface area contributed by atoms with Gasteiger partial charge in [0.1, 0.15) is 11.4 Å². The van der Waals surface area contributed by atoms with Crippen molar-refractivity contribution in [3.8, 4) is 0 Å². The van der Waals surface area contributed by atoms with E-state index in [1.165, 1.54) is 0 Å². The minimum Gasteiger partial charge on any atom is -0.478 e. The van der Waals surface area contributed by atoms with E-state index in [1.54, 1.807) is 20.8 Å². The number of halogens is 1. The summed E-state index contributed by atoms with van der Waals surface area (Å²) in [6, 6.07) is 2.92. The minimum absolute atomic E-state index is 0.158. The first kappa shape index (κ1) is 17.1. The van der Waals surface area contributed by atoms with Crippen LogP contribution in [0.15, 0.2) is 18.2 Å². The van der Waals surface area contributed by atoms with E-state index in [9.17, 15) is 14.0 Å². The van der Waals surface area contributed by atoms with Gasteiger partial charge in [0.15, 0.2) is 0 Å². The summed E-state index contributed by atoms with van der Waals surface area (Å²) in [5.74, 6) is -2.87. The minimum atomic E-state index is -1.37. The molecule has 0 unspecified atom stereocenters. The summed E-state index contributed by atoms with van der Waals surface area (Å²) >= 11 is 0. The van der Waals surface area contributed by atoms with Crippen LogP contribution in [0.4, 0.5) is 4.39 Å². The molecule has 0 aliphatic rings. The van der Waals surface area contributed by atoms with Crippen LogP contribution in [0.25, 0.3) is 0 Å². The SMILES string of the molecule is CC.CC(C)(C)OC(=O)c1ccc(F)cc1C(=O)O. The molecule has 0 atom stereocenters. The molecular weight excluding hydrogens is 251 g/mol. The maximum absolute atomic E-state index is 12.9. The van der Waals surface area contributed by atoms with Gasteiger partial charge in [-0.3, -0.25) is 0 Å². The number of rotatable bonds is 2. The van der Waals surface area contributed by atoms with Crippen LogP contribution in [0.5, 0.6) is 0 Å².